The number of amides is 1. The lowest BCUT2D eigenvalue weighted by Gasteiger charge is -2.23. The van der Waals surface area contributed by atoms with Gasteiger partial charge in [-0.15, -0.1) is 5.10 Å². The van der Waals surface area contributed by atoms with Gasteiger partial charge in [-0.25, -0.2) is 4.68 Å². The lowest BCUT2D eigenvalue weighted by molar-refractivity contribution is -0.387. The van der Waals surface area contributed by atoms with Crippen molar-refractivity contribution in [3.63, 3.8) is 0 Å². The van der Waals surface area contributed by atoms with E-state index in [0.717, 1.165) is 17.3 Å². The molecule has 0 saturated heterocycles. The summed E-state index contributed by atoms with van der Waals surface area (Å²) in [5.74, 6) is -0.415. The molecule has 1 heterocycles. The second-order valence-electron chi connectivity index (χ2n) is 7.38. The van der Waals surface area contributed by atoms with Crippen molar-refractivity contribution in [2.45, 2.75) is 36.2 Å². The molecule has 29 heavy (non-hydrogen) atoms. The molecule has 9 nitrogen and oxygen atoms in total. The van der Waals surface area contributed by atoms with Gasteiger partial charge in [0.05, 0.1) is 9.82 Å². The zero-order valence-electron chi connectivity index (χ0n) is 16.4. The number of nitro benzene ring substituents is 1. The van der Waals surface area contributed by atoms with Crippen molar-refractivity contribution in [3.8, 4) is 0 Å². The molecule has 0 aliphatic rings. The predicted molar refractivity (Wildman–Crippen MR) is 109 cm³/mol. The summed E-state index contributed by atoms with van der Waals surface area (Å²) >= 11 is 1.06. The summed E-state index contributed by atoms with van der Waals surface area (Å²) in [6.07, 6.45) is 0. The monoisotopic (exact) mass is 412 g/mol. The van der Waals surface area contributed by atoms with Crippen molar-refractivity contribution in [3.05, 3.63) is 63.7 Å². The summed E-state index contributed by atoms with van der Waals surface area (Å²) in [7, 11) is 1.64. The fourth-order valence-corrected chi connectivity index (χ4v) is 3.55. The van der Waals surface area contributed by atoms with Gasteiger partial charge in [0.2, 0.25) is 5.16 Å². The molecule has 3 rings (SSSR count). The molecule has 3 aromatic rings. The highest BCUT2D eigenvalue weighted by atomic mass is 32.2. The first-order valence-electron chi connectivity index (χ1n) is 8.76. The highest BCUT2D eigenvalue weighted by molar-refractivity contribution is 7.99. The summed E-state index contributed by atoms with van der Waals surface area (Å²) in [4.78, 5) is 24.2. The van der Waals surface area contributed by atoms with Gasteiger partial charge in [-0.1, -0.05) is 39.0 Å². The molecule has 0 spiro atoms. The average Bonchev–Trinajstić information content (AvgIpc) is 3.06. The lowest BCUT2D eigenvalue weighted by Crippen LogP contribution is -2.18. The van der Waals surface area contributed by atoms with Crippen LogP contribution >= 0.6 is 11.8 Å². The van der Waals surface area contributed by atoms with Crippen molar-refractivity contribution >= 4 is 29.0 Å². The number of hydrogen-bond acceptors (Lipinski definition) is 7. The van der Waals surface area contributed by atoms with Gasteiger partial charge in [-0.3, -0.25) is 14.9 Å². The maximum absolute atomic E-state index is 12.8. The number of hydrogen-bond donors (Lipinski definition) is 1. The van der Waals surface area contributed by atoms with Gasteiger partial charge in [-0.2, -0.15) is 0 Å². The van der Waals surface area contributed by atoms with E-state index in [1.54, 1.807) is 13.1 Å². The minimum atomic E-state index is -0.522. The first kappa shape index (κ1) is 20.5. The first-order chi connectivity index (χ1) is 13.7. The highest BCUT2D eigenvalue weighted by Crippen LogP contribution is 2.34. The number of nitrogens with one attached hydrogen (secondary N) is 1. The fourth-order valence-electron chi connectivity index (χ4n) is 2.73. The molecule has 0 fully saturated rings. The highest BCUT2D eigenvalue weighted by Gasteiger charge is 2.22. The topological polar surface area (TPSA) is 116 Å². The zero-order chi connectivity index (χ0) is 21.2. The molecular weight excluding hydrogens is 392 g/mol. The van der Waals surface area contributed by atoms with Crippen LogP contribution in [-0.2, 0) is 12.5 Å². The van der Waals surface area contributed by atoms with Crippen molar-refractivity contribution in [1.82, 2.24) is 20.2 Å². The van der Waals surface area contributed by atoms with Gasteiger partial charge in [0, 0.05) is 24.4 Å². The molecule has 0 atom stereocenters. The molecular formula is C19H20N6O3S. The number of tetrazole rings is 1. The van der Waals surface area contributed by atoms with Gasteiger partial charge in [0.15, 0.2) is 0 Å². The lowest BCUT2D eigenvalue weighted by atomic mass is 9.86. The Labute approximate surface area is 171 Å². The molecule has 0 radical (unpaired) electrons. The van der Waals surface area contributed by atoms with E-state index in [4.69, 9.17) is 0 Å². The predicted octanol–water partition coefficient (Wildman–Crippen LogP) is 3.82. The average molecular weight is 412 g/mol. The van der Waals surface area contributed by atoms with Gasteiger partial charge < -0.3 is 5.32 Å². The van der Waals surface area contributed by atoms with E-state index in [9.17, 15) is 14.9 Å². The molecule has 10 heteroatoms. The third-order valence-electron chi connectivity index (χ3n) is 4.18. The summed E-state index contributed by atoms with van der Waals surface area (Å²) in [6, 6.07) is 11.9. The Kier molecular flexibility index (Phi) is 5.64. The normalized spacial score (nSPS) is 11.3. The second kappa shape index (κ2) is 8.00. The number of rotatable bonds is 5. The van der Waals surface area contributed by atoms with Gasteiger partial charge in [-0.05, 0) is 51.4 Å². The first-order valence-corrected chi connectivity index (χ1v) is 9.58. The van der Waals surface area contributed by atoms with Gasteiger partial charge in [0.1, 0.15) is 0 Å². The Morgan fingerprint density at radius 2 is 1.93 bits per heavy atom. The van der Waals surface area contributed by atoms with Crippen molar-refractivity contribution in [1.29, 1.82) is 0 Å². The fraction of sp³-hybridized carbons (Fsp3) is 0.263. The van der Waals surface area contributed by atoms with E-state index in [2.05, 4.69) is 41.6 Å². The van der Waals surface area contributed by atoms with Crippen LogP contribution in [0, 0.1) is 10.1 Å². The van der Waals surface area contributed by atoms with E-state index in [1.165, 1.54) is 16.8 Å². The summed E-state index contributed by atoms with van der Waals surface area (Å²) in [5, 5.41) is 25.9. The van der Waals surface area contributed by atoms with E-state index in [0.29, 0.717) is 15.7 Å². The Bertz CT molecular complexity index is 1070. The third kappa shape index (κ3) is 4.60. The number of para-hydroxylation sites is 1. The van der Waals surface area contributed by atoms with Crippen LogP contribution in [0.5, 0.6) is 0 Å². The molecule has 2 aromatic carbocycles. The van der Waals surface area contributed by atoms with Crippen LogP contribution in [-0.4, -0.2) is 31.0 Å². The molecule has 0 unspecified atom stereocenters. The number of carbonyl (C=O) groups excluding carboxylic acids is 1. The van der Waals surface area contributed by atoms with Gasteiger partial charge in [0.25, 0.3) is 11.6 Å². The Morgan fingerprint density at radius 3 is 2.55 bits per heavy atom. The Balaban J connectivity index is 1.90. The Hall–Kier alpha value is -3.27. The van der Waals surface area contributed by atoms with Crippen LogP contribution in [0.4, 0.5) is 11.4 Å². The van der Waals surface area contributed by atoms with Crippen LogP contribution < -0.4 is 5.32 Å². The maximum Gasteiger partial charge on any atom is 0.284 e. The molecule has 0 aliphatic heterocycles. The summed E-state index contributed by atoms with van der Waals surface area (Å²) in [5.41, 5.74) is 1.50. The van der Waals surface area contributed by atoms with Crippen LogP contribution in [0.1, 0.15) is 36.7 Å². The van der Waals surface area contributed by atoms with Crippen LogP contribution in [0.25, 0.3) is 0 Å². The minimum absolute atomic E-state index is 0.166. The van der Waals surface area contributed by atoms with Crippen LogP contribution in [0.2, 0.25) is 0 Å². The second-order valence-corrected chi connectivity index (χ2v) is 8.39. The molecule has 0 bridgehead atoms. The molecule has 1 aromatic heterocycles. The maximum atomic E-state index is 12.8. The summed E-state index contributed by atoms with van der Waals surface area (Å²) < 4.78 is 1.42. The standard InChI is InChI=1S/C19H20N6O3S/c1-19(2,3)13-7-5-6-8-14(13)20-17(26)12-9-10-16(15(11-12)25(27)28)29-18-21-22-23-24(18)4/h5-11H,1-4H3,(H,20,26). The zero-order valence-corrected chi connectivity index (χ0v) is 17.2. The Morgan fingerprint density at radius 1 is 1.21 bits per heavy atom. The van der Waals surface area contributed by atoms with Crippen LogP contribution in [0.15, 0.2) is 52.5 Å². The number of aromatic nitrogens is 4. The number of carbonyl (C=O) groups is 1. The number of benzene rings is 2. The van der Waals surface area contributed by atoms with E-state index in [1.807, 2.05) is 24.3 Å². The number of anilines is 1. The molecule has 1 N–H and O–H groups in total. The van der Waals surface area contributed by atoms with Crippen LogP contribution in [0.3, 0.4) is 0 Å². The van der Waals surface area contributed by atoms with Gasteiger partial charge >= 0.3 is 0 Å². The van der Waals surface area contributed by atoms with Crippen molar-refractivity contribution in [2.24, 2.45) is 7.05 Å². The SMILES string of the molecule is Cn1nnnc1Sc1ccc(C(=O)Nc2ccccc2C(C)(C)C)cc1[N+](=O)[O-]. The quantitative estimate of drug-likeness (QED) is 0.500. The number of nitrogens with zero attached hydrogens (tertiary/aromatic N) is 5. The molecule has 0 saturated carbocycles. The van der Waals surface area contributed by atoms with Crippen molar-refractivity contribution < 1.29 is 9.72 Å². The number of aryl methyl sites for hydroxylation is 1. The molecule has 0 aliphatic carbocycles. The minimum Gasteiger partial charge on any atom is -0.322 e. The number of nitro groups is 1. The van der Waals surface area contributed by atoms with Crippen molar-refractivity contribution in [2.75, 3.05) is 5.32 Å². The molecule has 150 valence electrons. The van der Waals surface area contributed by atoms with E-state index in [-0.39, 0.29) is 16.7 Å². The third-order valence-corrected chi connectivity index (χ3v) is 5.28. The largest absolute Gasteiger partial charge is 0.322 e. The van der Waals surface area contributed by atoms with E-state index < -0.39 is 10.8 Å². The van der Waals surface area contributed by atoms with E-state index >= 15 is 0 Å². The summed E-state index contributed by atoms with van der Waals surface area (Å²) in [6.45, 7) is 6.16. The smallest absolute Gasteiger partial charge is 0.284 e. The molecule has 1 amide bonds.